The van der Waals surface area contributed by atoms with Crippen molar-refractivity contribution < 1.29 is 24.2 Å². The molecule has 1 heterocycles. The summed E-state index contributed by atoms with van der Waals surface area (Å²) in [6.45, 7) is 8.12. The number of aliphatic hydroxyl groups is 1. The van der Waals surface area contributed by atoms with Gasteiger partial charge in [-0.25, -0.2) is 0 Å². The van der Waals surface area contributed by atoms with Crippen LogP contribution in [0.4, 0.5) is 0 Å². The van der Waals surface area contributed by atoms with Crippen LogP contribution in [0.5, 0.6) is 0 Å². The van der Waals surface area contributed by atoms with Gasteiger partial charge in [0.05, 0.1) is 19.3 Å². The molecule has 0 saturated heterocycles. The van der Waals surface area contributed by atoms with E-state index in [9.17, 15) is 14.7 Å². The summed E-state index contributed by atoms with van der Waals surface area (Å²) >= 11 is 0. The van der Waals surface area contributed by atoms with Crippen LogP contribution in [0.1, 0.15) is 194 Å². The summed E-state index contributed by atoms with van der Waals surface area (Å²) < 4.78 is 13.0. The van der Waals surface area contributed by atoms with Crippen molar-refractivity contribution in [2.45, 2.75) is 206 Å². The van der Waals surface area contributed by atoms with E-state index in [2.05, 4.69) is 30.9 Å². The highest BCUT2D eigenvalue weighted by Gasteiger charge is 2.21. The van der Waals surface area contributed by atoms with Crippen LogP contribution in [0.25, 0.3) is 0 Å². The summed E-state index contributed by atoms with van der Waals surface area (Å²) in [5.41, 5.74) is 0. The first-order valence-electron chi connectivity index (χ1n) is 21.6. The summed E-state index contributed by atoms with van der Waals surface area (Å²) in [5.74, 6) is 0.0370. The van der Waals surface area contributed by atoms with Crippen LogP contribution in [-0.2, 0) is 25.6 Å². The molecule has 8 nitrogen and oxygen atoms in total. The van der Waals surface area contributed by atoms with Gasteiger partial charge in [-0.2, -0.15) is 5.10 Å². The largest absolute Gasteiger partial charge is 0.466 e. The lowest BCUT2D eigenvalue weighted by molar-refractivity contribution is -0.144. The second-order valence-electron chi connectivity index (χ2n) is 15.2. The van der Waals surface area contributed by atoms with E-state index in [1.54, 1.807) is 0 Å². The Morgan fingerprint density at radius 2 is 1.12 bits per heavy atom. The Bertz CT molecular complexity index is 896. The van der Waals surface area contributed by atoms with E-state index in [1.165, 1.54) is 89.9 Å². The predicted octanol–water partition coefficient (Wildman–Crippen LogP) is 10.8. The van der Waals surface area contributed by atoms with Crippen molar-refractivity contribution in [1.29, 1.82) is 0 Å². The number of rotatable bonds is 38. The standard InChI is InChI=1S/C43H81N3O5/c1-4-6-8-10-12-14-16-18-22-31-42(48)50-37-25-20-21-30-41(47)40(39-45(3)34-28-36-46-35-27-33-44-46)29-24-26-38-51-43(49)32-23-19-17-15-13-11-9-7-5-2/h27,33,35,40-41,47H,4-26,28-32,34,36-39H2,1-3H3. The molecule has 0 bridgehead atoms. The minimum Gasteiger partial charge on any atom is -0.466 e. The van der Waals surface area contributed by atoms with Crippen molar-refractivity contribution in [2.24, 2.45) is 5.92 Å². The summed E-state index contributed by atoms with van der Waals surface area (Å²) in [5, 5.41) is 15.5. The van der Waals surface area contributed by atoms with Crippen LogP contribution < -0.4 is 0 Å². The number of nitrogens with zero attached hydrogens (tertiary/aromatic N) is 3. The van der Waals surface area contributed by atoms with Crippen LogP contribution in [0.2, 0.25) is 0 Å². The molecular weight excluding hydrogens is 638 g/mol. The molecule has 8 heteroatoms. The zero-order valence-electron chi connectivity index (χ0n) is 33.6. The normalized spacial score (nSPS) is 12.7. The van der Waals surface area contributed by atoms with Crippen molar-refractivity contribution >= 4 is 11.9 Å². The van der Waals surface area contributed by atoms with Crippen LogP contribution >= 0.6 is 0 Å². The van der Waals surface area contributed by atoms with Crippen LogP contribution in [-0.4, -0.2) is 71.2 Å². The minimum atomic E-state index is -0.373. The number of ether oxygens (including phenoxy) is 2. The first-order valence-corrected chi connectivity index (χ1v) is 21.6. The number of aromatic nitrogens is 2. The molecule has 0 amide bonds. The zero-order valence-corrected chi connectivity index (χ0v) is 33.6. The van der Waals surface area contributed by atoms with E-state index < -0.39 is 0 Å². The van der Waals surface area contributed by atoms with Gasteiger partial charge >= 0.3 is 11.9 Å². The van der Waals surface area contributed by atoms with Gasteiger partial charge in [-0.15, -0.1) is 0 Å². The summed E-state index contributed by atoms with van der Waals surface area (Å²) in [6.07, 6.45) is 34.0. The Labute approximate surface area is 314 Å². The van der Waals surface area contributed by atoms with E-state index in [-0.39, 0.29) is 24.0 Å². The van der Waals surface area contributed by atoms with Crippen molar-refractivity contribution in [3.63, 3.8) is 0 Å². The number of hydrogen-bond donors (Lipinski definition) is 1. The molecule has 1 N–H and O–H groups in total. The Morgan fingerprint density at radius 1 is 0.647 bits per heavy atom. The second-order valence-corrected chi connectivity index (χ2v) is 15.2. The number of esters is 2. The zero-order chi connectivity index (χ0) is 37.0. The highest BCUT2D eigenvalue weighted by Crippen LogP contribution is 2.20. The van der Waals surface area contributed by atoms with E-state index in [0.29, 0.717) is 26.1 Å². The van der Waals surface area contributed by atoms with E-state index >= 15 is 0 Å². The molecule has 2 unspecified atom stereocenters. The molecule has 298 valence electrons. The maximum Gasteiger partial charge on any atom is 0.305 e. The van der Waals surface area contributed by atoms with E-state index in [0.717, 1.165) is 96.7 Å². The second kappa shape index (κ2) is 35.1. The maximum atomic E-state index is 12.2. The minimum absolute atomic E-state index is 0.0668. The molecule has 0 aromatic carbocycles. The maximum absolute atomic E-state index is 12.2. The van der Waals surface area contributed by atoms with Gasteiger partial charge in [0.25, 0.3) is 0 Å². The number of aliphatic hydroxyl groups excluding tert-OH is 1. The third kappa shape index (κ3) is 30.3. The average molecular weight is 720 g/mol. The van der Waals surface area contributed by atoms with Gasteiger partial charge in [-0.1, -0.05) is 123 Å². The Hall–Kier alpha value is -1.93. The number of unbranched alkanes of at least 4 members (excludes halogenated alkanes) is 19. The lowest BCUT2D eigenvalue weighted by atomic mass is 9.91. The summed E-state index contributed by atoms with van der Waals surface area (Å²) in [6, 6.07) is 1.95. The van der Waals surface area contributed by atoms with Crippen molar-refractivity contribution in [2.75, 3.05) is 33.4 Å². The van der Waals surface area contributed by atoms with Gasteiger partial charge in [0.2, 0.25) is 0 Å². The fraction of sp³-hybridized carbons (Fsp3) is 0.884. The third-order valence-electron chi connectivity index (χ3n) is 10.2. The van der Waals surface area contributed by atoms with Gasteiger partial charge in [0.15, 0.2) is 0 Å². The Balaban J connectivity index is 2.25. The first kappa shape index (κ1) is 47.1. The molecule has 1 rings (SSSR count). The molecular formula is C43H81N3O5. The van der Waals surface area contributed by atoms with Gasteiger partial charge in [-0.05, 0) is 83.4 Å². The summed E-state index contributed by atoms with van der Waals surface area (Å²) in [7, 11) is 2.14. The smallest absolute Gasteiger partial charge is 0.305 e. The molecule has 0 aliphatic carbocycles. The Kier molecular flexibility index (Phi) is 32.4. The van der Waals surface area contributed by atoms with Crippen molar-refractivity contribution in [3.8, 4) is 0 Å². The van der Waals surface area contributed by atoms with Crippen LogP contribution in [0.3, 0.4) is 0 Å². The van der Waals surface area contributed by atoms with Crippen LogP contribution in [0.15, 0.2) is 18.5 Å². The molecule has 0 aliphatic rings. The number of carbonyl (C=O) groups excluding carboxylic acids is 2. The molecule has 1 aromatic heterocycles. The third-order valence-corrected chi connectivity index (χ3v) is 10.2. The van der Waals surface area contributed by atoms with Gasteiger partial charge in [0, 0.05) is 38.3 Å². The molecule has 51 heavy (non-hydrogen) atoms. The van der Waals surface area contributed by atoms with Crippen molar-refractivity contribution in [1.82, 2.24) is 14.7 Å². The molecule has 0 spiro atoms. The number of carbonyl (C=O) groups is 2. The lowest BCUT2D eigenvalue weighted by Crippen LogP contribution is -2.34. The molecule has 0 radical (unpaired) electrons. The summed E-state index contributed by atoms with van der Waals surface area (Å²) in [4.78, 5) is 26.7. The lowest BCUT2D eigenvalue weighted by Gasteiger charge is -2.28. The molecule has 0 aliphatic heterocycles. The first-order chi connectivity index (χ1) is 25.0. The number of aryl methyl sites for hydroxylation is 1. The predicted molar refractivity (Wildman–Crippen MR) is 212 cm³/mol. The Morgan fingerprint density at radius 3 is 1.63 bits per heavy atom. The highest BCUT2D eigenvalue weighted by atomic mass is 16.5. The number of hydrogen-bond acceptors (Lipinski definition) is 7. The fourth-order valence-electron chi connectivity index (χ4n) is 6.89. The van der Waals surface area contributed by atoms with Gasteiger partial charge in [0.1, 0.15) is 0 Å². The van der Waals surface area contributed by atoms with E-state index in [1.807, 2.05) is 23.1 Å². The fourth-order valence-corrected chi connectivity index (χ4v) is 6.89. The van der Waals surface area contributed by atoms with Gasteiger partial charge < -0.3 is 19.5 Å². The topological polar surface area (TPSA) is 93.9 Å². The molecule has 1 aromatic rings. The monoisotopic (exact) mass is 720 g/mol. The molecule has 0 saturated carbocycles. The van der Waals surface area contributed by atoms with Crippen LogP contribution in [0, 0.1) is 5.92 Å². The molecule has 0 fully saturated rings. The van der Waals surface area contributed by atoms with E-state index in [4.69, 9.17) is 9.47 Å². The molecule has 2 atom stereocenters. The highest BCUT2D eigenvalue weighted by molar-refractivity contribution is 5.69. The average Bonchev–Trinajstić information content (AvgIpc) is 3.64. The van der Waals surface area contributed by atoms with Crippen molar-refractivity contribution in [3.05, 3.63) is 18.5 Å². The SMILES string of the molecule is CCCCCCCCCCCC(=O)OCCCCCC(O)C(CCCCOC(=O)CCCCCCCCCCC)CN(C)CCCn1cccn1. The van der Waals surface area contributed by atoms with Gasteiger partial charge in [-0.3, -0.25) is 14.3 Å². The quantitative estimate of drug-likeness (QED) is 0.0537.